The molecule has 0 aliphatic heterocycles. The number of anilines is 2. The first-order valence-electron chi connectivity index (χ1n) is 10.7. The molecular weight excluding hydrogens is 462 g/mol. The standard InChI is InChI=1S/C26H21N5O3S/c1-35(33,34)22-12-6-7-17(14-22)19-15-23-24(30-31-25(23)27-16-19)18-8-5-11-21(13-18)29-26(32)28-20-9-3-2-4-10-20/h2-16H,1H3,(H,27,30,31)(H2,28,29,32). The molecule has 0 aliphatic rings. The maximum Gasteiger partial charge on any atom is 0.323 e. The molecule has 2 aromatic heterocycles. The van der Waals surface area contributed by atoms with Crippen molar-refractivity contribution in [2.45, 2.75) is 4.90 Å². The first kappa shape index (κ1) is 22.3. The van der Waals surface area contributed by atoms with Crippen LogP contribution in [0.3, 0.4) is 0 Å². The zero-order chi connectivity index (χ0) is 24.4. The highest BCUT2D eigenvalue weighted by molar-refractivity contribution is 7.90. The topological polar surface area (TPSA) is 117 Å². The second-order valence-electron chi connectivity index (χ2n) is 8.02. The minimum atomic E-state index is -3.33. The molecule has 0 aliphatic carbocycles. The quantitative estimate of drug-likeness (QED) is 0.312. The Hall–Kier alpha value is -4.50. The lowest BCUT2D eigenvalue weighted by molar-refractivity contribution is 0.262. The number of aromatic nitrogens is 3. The number of hydrogen-bond donors (Lipinski definition) is 3. The summed E-state index contributed by atoms with van der Waals surface area (Å²) in [6, 6.07) is 24.9. The predicted molar refractivity (Wildman–Crippen MR) is 137 cm³/mol. The van der Waals surface area contributed by atoms with Crippen molar-refractivity contribution in [1.29, 1.82) is 0 Å². The van der Waals surface area contributed by atoms with E-state index in [0.717, 1.165) is 22.1 Å². The Morgan fingerprint density at radius 3 is 2.31 bits per heavy atom. The van der Waals surface area contributed by atoms with Crippen LogP contribution in [-0.2, 0) is 9.84 Å². The Labute approximate surface area is 202 Å². The van der Waals surface area contributed by atoms with Gasteiger partial charge in [-0.25, -0.2) is 18.2 Å². The highest BCUT2D eigenvalue weighted by atomic mass is 32.2. The molecule has 3 N–H and O–H groups in total. The summed E-state index contributed by atoms with van der Waals surface area (Å²) in [5, 5.41) is 13.8. The van der Waals surface area contributed by atoms with Crippen molar-refractivity contribution in [3.8, 4) is 22.4 Å². The van der Waals surface area contributed by atoms with Gasteiger partial charge < -0.3 is 10.6 Å². The van der Waals surface area contributed by atoms with Crippen molar-refractivity contribution in [2.75, 3.05) is 16.9 Å². The highest BCUT2D eigenvalue weighted by Crippen LogP contribution is 2.31. The number of amides is 2. The second-order valence-corrected chi connectivity index (χ2v) is 10.0. The van der Waals surface area contributed by atoms with Gasteiger partial charge in [-0.05, 0) is 48.0 Å². The molecule has 0 bridgehead atoms. The first-order chi connectivity index (χ1) is 16.9. The van der Waals surface area contributed by atoms with Crippen LogP contribution in [-0.4, -0.2) is 35.9 Å². The second kappa shape index (κ2) is 9.03. The lowest BCUT2D eigenvalue weighted by atomic mass is 10.0. The van der Waals surface area contributed by atoms with Crippen LogP contribution in [0.15, 0.2) is 96.0 Å². The number of rotatable bonds is 5. The van der Waals surface area contributed by atoms with E-state index in [-0.39, 0.29) is 10.9 Å². The molecule has 0 saturated carbocycles. The molecule has 3 aromatic carbocycles. The van der Waals surface area contributed by atoms with Gasteiger partial charge in [0.1, 0.15) is 5.69 Å². The fourth-order valence-electron chi connectivity index (χ4n) is 3.75. The smallest absolute Gasteiger partial charge is 0.308 e. The van der Waals surface area contributed by atoms with E-state index in [4.69, 9.17) is 0 Å². The predicted octanol–water partition coefficient (Wildman–Crippen LogP) is 5.34. The molecule has 0 radical (unpaired) electrons. The summed E-state index contributed by atoms with van der Waals surface area (Å²) in [5.74, 6) is 0. The third-order valence-electron chi connectivity index (χ3n) is 5.44. The van der Waals surface area contributed by atoms with E-state index < -0.39 is 9.84 Å². The van der Waals surface area contributed by atoms with E-state index in [1.54, 1.807) is 30.5 Å². The fraction of sp³-hybridized carbons (Fsp3) is 0.0385. The van der Waals surface area contributed by atoms with Crippen LogP contribution < -0.4 is 10.6 Å². The lowest BCUT2D eigenvalue weighted by Gasteiger charge is -2.09. The van der Waals surface area contributed by atoms with Crippen LogP contribution in [0.1, 0.15) is 0 Å². The molecule has 0 unspecified atom stereocenters. The van der Waals surface area contributed by atoms with Gasteiger partial charge in [-0.15, -0.1) is 0 Å². The van der Waals surface area contributed by atoms with Gasteiger partial charge in [0.15, 0.2) is 15.5 Å². The molecule has 8 nitrogen and oxygen atoms in total. The van der Waals surface area contributed by atoms with Crippen LogP contribution in [0.4, 0.5) is 16.2 Å². The van der Waals surface area contributed by atoms with Gasteiger partial charge in [-0.2, -0.15) is 5.10 Å². The van der Waals surface area contributed by atoms with E-state index in [9.17, 15) is 13.2 Å². The summed E-state index contributed by atoms with van der Waals surface area (Å²) in [6.07, 6.45) is 2.86. The number of carbonyl (C=O) groups is 1. The van der Waals surface area contributed by atoms with Gasteiger partial charge in [0.25, 0.3) is 0 Å². The van der Waals surface area contributed by atoms with Gasteiger partial charge in [-0.1, -0.05) is 42.5 Å². The van der Waals surface area contributed by atoms with E-state index in [2.05, 4.69) is 25.8 Å². The Bertz CT molecular complexity index is 1650. The summed E-state index contributed by atoms with van der Waals surface area (Å²) >= 11 is 0. The number of hydrogen-bond acceptors (Lipinski definition) is 5. The summed E-state index contributed by atoms with van der Waals surface area (Å²) in [4.78, 5) is 17.1. The number of para-hydroxylation sites is 1. The number of benzene rings is 3. The molecular formula is C26H21N5O3S. The summed E-state index contributed by atoms with van der Waals surface area (Å²) in [6.45, 7) is 0. The molecule has 2 heterocycles. The van der Waals surface area contributed by atoms with Crippen molar-refractivity contribution in [1.82, 2.24) is 15.2 Å². The third kappa shape index (κ3) is 4.90. The van der Waals surface area contributed by atoms with Crippen molar-refractivity contribution in [3.05, 3.63) is 91.1 Å². The van der Waals surface area contributed by atoms with Crippen LogP contribution in [0.2, 0.25) is 0 Å². The first-order valence-corrected chi connectivity index (χ1v) is 12.6. The minimum Gasteiger partial charge on any atom is -0.308 e. The van der Waals surface area contributed by atoms with Crippen molar-refractivity contribution >= 4 is 38.3 Å². The molecule has 0 atom stereocenters. The monoisotopic (exact) mass is 483 g/mol. The maximum absolute atomic E-state index is 12.4. The molecule has 5 aromatic rings. The number of urea groups is 1. The molecule has 5 rings (SSSR count). The number of fused-ring (bicyclic) bond motifs is 1. The summed E-state index contributed by atoms with van der Waals surface area (Å²) in [7, 11) is -3.33. The molecule has 2 amide bonds. The Morgan fingerprint density at radius 2 is 1.51 bits per heavy atom. The highest BCUT2D eigenvalue weighted by Gasteiger charge is 2.14. The number of nitrogens with one attached hydrogen (secondary N) is 3. The number of sulfone groups is 1. The van der Waals surface area contributed by atoms with Crippen LogP contribution in [0.25, 0.3) is 33.4 Å². The molecule has 174 valence electrons. The largest absolute Gasteiger partial charge is 0.323 e. The van der Waals surface area contributed by atoms with E-state index in [1.807, 2.05) is 60.7 Å². The Kier molecular flexibility index (Phi) is 5.76. The third-order valence-corrected chi connectivity index (χ3v) is 6.55. The Balaban J connectivity index is 1.45. The van der Waals surface area contributed by atoms with E-state index in [1.165, 1.54) is 6.26 Å². The fourth-order valence-corrected chi connectivity index (χ4v) is 4.41. The molecule has 0 spiro atoms. The normalized spacial score (nSPS) is 11.3. The van der Waals surface area contributed by atoms with E-state index in [0.29, 0.717) is 22.7 Å². The van der Waals surface area contributed by atoms with Gasteiger partial charge >= 0.3 is 6.03 Å². The van der Waals surface area contributed by atoms with Crippen molar-refractivity contribution in [2.24, 2.45) is 0 Å². The summed E-state index contributed by atoms with van der Waals surface area (Å²) in [5.41, 5.74) is 4.86. The molecule has 35 heavy (non-hydrogen) atoms. The van der Waals surface area contributed by atoms with Gasteiger partial charge in [0, 0.05) is 40.3 Å². The number of aromatic amines is 1. The Morgan fingerprint density at radius 1 is 0.800 bits per heavy atom. The van der Waals surface area contributed by atoms with Crippen LogP contribution in [0, 0.1) is 0 Å². The number of nitrogens with zero attached hydrogens (tertiary/aromatic N) is 2. The number of pyridine rings is 1. The average Bonchev–Trinajstić information content (AvgIpc) is 3.28. The average molecular weight is 484 g/mol. The number of carbonyl (C=O) groups excluding carboxylic acids is 1. The molecule has 0 saturated heterocycles. The summed E-state index contributed by atoms with van der Waals surface area (Å²) < 4.78 is 23.9. The zero-order valence-electron chi connectivity index (χ0n) is 18.7. The van der Waals surface area contributed by atoms with Crippen LogP contribution in [0.5, 0.6) is 0 Å². The maximum atomic E-state index is 12.4. The van der Waals surface area contributed by atoms with Crippen molar-refractivity contribution in [3.63, 3.8) is 0 Å². The molecule has 0 fully saturated rings. The minimum absolute atomic E-state index is 0.245. The van der Waals surface area contributed by atoms with E-state index >= 15 is 0 Å². The number of H-pyrrole nitrogens is 1. The lowest BCUT2D eigenvalue weighted by Crippen LogP contribution is -2.19. The van der Waals surface area contributed by atoms with Gasteiger partial charge in [0.05, 0.1) is 4.90 Å². The van der Waals surface area contributed by atoms with Crippen molar-refractivity contribution < 1.29 is 13.2 Å². The SMILES string of the molecule is CS(=O)(=O)c1cccc(-c2cnc3[nH]nc(-c4cccc(NC(=O)Nc5ccccc5)c4)c3c2)c1. The van der Waals surface area contributed by atoms with Gasteiger partial charge in [-0.3, -0.25) is 5.10 Å². The zero-order valence-corrected chi connectivity index (χ0v) is 19.5. The van der Waals surface area contributed by atoms with Gasteiger partial charge in [0.2, 0.25) is 0 Å². The van der Waals surface area contributed by atoms with Crippen LogP contribution >= 0.6 is 0 Å². The molecule has 9 heteroatoms.